The van der Waals surface area contributed by atoms with Crippen molar-refractivity contribution >= 4 is 11.6 Å². The molecule has 0 radical (unpaired) electrons. The summed E-state index contributed by atoms with van der Waals surface area (Å²) in [6.45, 7) is 5.54. The van der Waals surface area contributed by atoms with E-state index in [-0.39, 0.29) is 0 Å². The molecule has 94 valence electrons. The van der Waals surface area contributed by atoms with Gasteiger partial charge in [0.15, 0.2) is 0 Å². The monoisotopic (exact) mass is 251 g/mol. The van der Waals surface area contributed by atoms with Crippen LogP contribution in [0.5, 0.6) is 0 Å². The molecule has 0 aliphatic heterocycles. The molecule has 2 heteroatoms. The Morgan fingerprint density at radius 2 is 2.12 bits per heavy atom. The first-order valence-electron chi connectivity index (χ1n) is 6.71. The number of hydrogen-bond acceptors (Lipinski definition) is 1. The minimum Gasteiger partial charge on any atom is -0.310 e. The summed E-state index contributed by atoms with van der Waals surface area (Å²) in [5.74, 6) is 1.53. The van der Waals surface area contributed by atoms with Gasteiger partial charge in [0.2, 0.25) is 0 Å². The van der Waals surface area contributed by atoms with E-state index < -0.39 is 0 Å². The van der Waals surface area contributed by atoms with Crippen LogP contribution < -0.4 is 5.32 Å². The van der Waals surface area contributed by atoms with Gasteiger partial charge in [-0.05, 0) is 36.4 Å². The van der Waals surface area contributed by atoms with Crippen LogP contribution in [0.2, 0.25) is 5.02 Å². The Balaban J connectivity index is 2.25. The predicted molar refractivity (Wildman–Crippen MR) is 74.4 cm³/mol. The fourth-order valence-corrected chi connectivity index (χ4v) is 3.36. The Morgan fingerprint density at radius 1 is 1.35 bits per heavy atom. The first-order valence-corrected chi connectivity index (χ1v) is 7.09. The molecular weight excluding hydrogens is 230 g/mol. The molecule has 0 saturated heterocycles. The van der Waals surface area contributed by atoms with Gasteiger partial charge in [0, 0.05) is 11.1 Å². The van der Waals surface area contributed by atoms with Crippen molar-refractivity contribution in [1.29, 1.82) is 0 Å². The van der Waals surface area contributed by atoms with Crippen molar-refractivity contribution in [3.05, 3.63) is 34.9 Å². The molecule has 1 nitrogen and oxygen atoms in total. The minimum atomic E-state index is 0.422. The number of hydrogen-bond donors (Lipinski definition) is 1. The van der Waals surface area contributed by atoms with Crippen molar-refractivity contribution in [2.24, 2.45) is 11.8 Å². The molecule has 1 aliphatic rings. The van der Waals surface area contributed by atoms with Crippen LogP contribution >= 0.6 is 11.6 Å². The van der Waals surface area contributed by atoms with Crippen LogP contribution in [0.25, 0.3) is 0 Å². The number of benzene rings is 1. The van der Waals surface area contributed by atoms with Crippen LogP contribution in [0.1, 0.15) is 44.7 Å². The average molecular weight is 252 g/mol. The van der Waals surface area contributed by atoms with Crippen molar-refractivity contribution in [2.45, 2.75) is 39.2 Å². The highest BCUT2D eigenvalue weighted by Gasteiger charge is 2.32. The molecule has 2 rings (SSSR count). The van der Waals surface area contributed by atoms with E-state index in [2.05, 4.69) is 31.3 Å². The highest BCUT2D eigenvalue weighted by molar-refractivity contribution is 6.31. The van der Waals surface area contributed by atoms with Gasteiger partial charge >= 0.3 is 0 Å². The van der Waals surface area contributed by atoms with Crippen molar-refractivity contribution < 1.29 is 0 Å². The zero-order chi connectivity index (χ0) is 12.3. The fourth-order valence-electron chi connectivity index (χ4n) is 3.11. The van der Waals surface area contributed by atoms with Crippen molar-refractivity contribution in [2.75, 3.05) is 6.54 Å². The summed E-state index contributed by atoms with van der Waals surface area (Å²) in [5, 5.41) is 4.53. The molecule has 17 heavy (non-hydrogen) atoms. The first kappa shape index (κ1) is 12.9. The Kier molecular flexibility index (Phi) is 4.47. The standard InChI is InChI=1S/C15H22ClN/c1-3-17-15(12-9-6-7-11(12)2)13-8-4-5-10-14(13)16/h4-5,8,10-12,15,17H,3,6-7,9H2,1-2H3. The lowest BCUT2D eigenvalue weighted by molar-refractivity contribution is 0.306. The van der Waals surface area contributed by atoms with Gasteiger partial charge in [-0.25, -0.2) is 0 Å². The minimum absolute atomic E-state index is 0.422. The normalized spacial score (nSPS) is 26.1. The van der Waals surface area contributed by atoms with E-state index in [4.69, 9.17) is 11.6 Å². The SMILES string of the molecule is CCNC(c1ccccc1Cl)C1CCCC1C. The van der Waals surface area contributed by atoms with Gasteiger partial charge in [-0.2, -0.15) is 0 Å². The number of nitrogens with one attached hydrogen (secondary N) is 1. The quantitative estimate of drug-likeness (QED) is 0.835. The molecular formula is C15H22ClN. The molecule has 1 fully saturated rings. The largest absolute Gasteiger partial charge is 0.310 e. The first-order chi connectivity index (χ1) is 8.24. The molecule has 0 spiro atoms. The summed E-state index contributed by atoms with van der Waals surface area (Å²) in [6.07, 6.45) is 4.04. The van der Waals surface area contributed by atoms with Gasteiger partial charge < -0.3 is 5.32 Å². The third-order valence-electron chi connectivity index (χ3n) is 4.02. The van der Waals surface area contributed by atoms with Crippen LogP contribution in [0.4, 0.5) is 0 Å². The van der Waals surface area contributed by atoms with Gasteiger partial charge in [-0.3, -0.25) is 0 Å². The molecule has 3 unspecified atom stereocenters. The molecule has 1 aromatic rings. The zero-order valence-electron chi connectivity index (χ0n) is 10.7. The van der Waals surface area contributed by atoms with E-state index >= 15 is 0 Å². The van der Waals surface area contributed by atoms with Crippen LogP contribution in [0.15, 0.2) is 24.3 Å². The summed E-state index contributed by atoms with van der Waals surface area (Å²) in [7, 11) is 0. The van der Waals surface area contributed by atoms with Gasteiger partial charge in [-0.15, -0.1) is 0 Å². The molecule has 1 N–H and O–H groups in total. The third-order valence-corrected chi connectivity index (χ3v) is 4.36. The molecule has 1 saturated carbocycles. The Morgan fingerprint density at radius 3 is 2.71 bits per heavy atom. The summed E-state index contributed by atoms with van der Waals surface area (Å²) in [4.78, 5) is 0. The van der Waals surface area contributed by atoms with Crippen molar-refractivity contribution in [3.8, 4) is 0 Å². The summed E-state index contributed by atoms with van der Waals surface area (Å²) in [6, 6.07) is 8.69. The fraction of sp³-hybridized carbons (Fsp3) is 0.600. The smallest absolute Gasteiger partial charge is 0.0453 e. The van der Waals surface area contributed by atoms with E-state index in [1.54, 1.807) is 0 Å². The molecule has 0 amide bonds. The van der Waals surface area contributed by atoms with E-state index in [9.17, 15) is 0 Å². The maximum atomic E-state index is 6.34. The maximum absolute atomic E-state index is 6.34. The summed E-state index contributed by atoms with van der Waals surface area (Å²) >= 11 is 6.34. The van der Waals surface area contributed by atoms with Gasteiger partial charge in [0.1, 0.15) is 0 Å². The van der Waals surface area contributed by atoms with Crippen molar-refractivity contribution in [3.63, 3.8) is 0 Å². The van der Waals surface area contributed by atoms with Gasteiger partial charge in [-0.1, -0.05) is 56.5 Å². The van der Waals surface area contributed by atoms with E-state index in [1.165, 1.54) is 24.8 Å². The second-order valence-electron chi connectivity index (χ2n) is 5.13. The molecule has 3 atom stereocenters. The van der Waals surface area contributed by atoms with Gasteiger partial charge in [0.25, 0.3) is 0 Å². The highest BCUT2D eigenvalue weighted by atomic mass is 35.5. The third kappa shape index (κ3) is 2.83. The lowest BCUT2D eigenvalue weighted by atomic mass is 9.86. The van der Waals surface area contributed by atoms with Crippen LogP contribution in [0.3, 0.4) is 0 Å². The number of rotatable bonds is 4. The van der Waals surface area contributed by atoms with Crippen molar-refractivity contribution in [1.82, 2.24) is 5.32 Å². The van der Waals surface area contributed by atoms with Crippen LogP contribution in [-0.4, -0.2) is 6.54 Å². The Bertz CT molecular complexity index is 364. The second kappa shape index (κ2) is 5.88. The molecule has 0 bridgehead atoms. The zero-order valence-corrected chi connectivity index (χ0v) is 11.5. The van der Waals surface area contributed by atoms with E-state index in [0.717, 1.165) is 23.4 Å². The lowest BCUT2D eigenvalue weighted by Crippen LogP contribution is -2.29. The molecule has 0 aromatic heterocycles. The molecule has 1 aromatic carbocycles. The second-order valence-corrected chi connectivity index (χ2v) is 5.54. The maximum Gasteiger partial charge on any atom is 0.0453 e. The van der Waals surface area contributed by atoms with Crippen LogP contribution in [-0.2, 0) is 0 Å². The Hall–Kier alpha value is -0.530. The van der Waals surface area contributed by atoms with E-state index in [0.29, 0.717) is 6.04 Å². The average Bonchev–Trinajstić information content (AvgIpc) is 2.74. The summed E-state index contributed by atoms with van der Waals surface area (Å²) in [5.41, 5.74) is 1.27. The predicted octanol–water partition coefficient (Wildman–Crippen LogP) is 4.43. The molecule has 1 aliphatic carbocycles. The van der Waals surface area contributed by atoms with E-state index in [1.807, 2.05) is 12.1 Å². The lowest BCUT2D eigenvalue weighted by Gasteiger charge is -2.28. The summed E-state index contributed by atoms with van der Waals surface area (Å²) < 4.78 is 0. The number of halogens is 1. The van der Waals surface area contributed by atoms with Gasteiger partial charge in [0.05, 0.1) is 0 Å². The molecule has 0 heterocycles. The highest BCUT2D eigenvalue weighted by Crippen LogP contribution is 2.41. The van der Waals surface area contributed by atoms with Crippen LogP contribution in [0, 0.1) is 11.8 Å². The Labute approximate surface area is 110 Å². The topological polar surface area (TPSA) is 12.0 Å².